The van der Waals surface area contributed by atoms with Crippen LogP contribution in [0.4, 0.5) is 8.78 Å². The Morgan fingerprint density at radius 1 is 1.21 bits per heavy atom. The zero-order valence-electron chi connectivity index (χ0n) is 13.6. The average Bonchev–Trinajstić information content (AvgIpc) is 2.96. The second kappa shape index (κ2) is 8.33. The highest BCUT2D eigenvalue weighted by Crippen LogP contribution is 2.14. The maximum Gasteiger partial charge on any atom is 0.378 e. The van der Waals surface area contributed by atoms with Crippen molar-refractivity contribution in [3.05, 3.63) is 53.6 Å². The first-order chi connectivity index (χ1) is 11.5. The highest BCUT2D eigenvalue weighted by molar-refractivity contribution is 5.85. The SMILES string of the molecule is CC(CCCCOC(=O)c1nc(C)n(-c2ccccc2)n1)=C(F)F. The van der Waals surface area contributed by atoms with Crippen molar-refractivity contribution >= 4 is 5.97 Å². The minimum absolute atomic E-state index is 0.0118. The van der Waals surface area contributed by atoms with Gasteiger partial charge < -0.3 is 4.74 Å². The van der Waals surface area contributed by atoms with Gasteiger partial charge in [-0.25, -0.2) is 14.5 Å². The molecule has 2 rings (SSSR count). The van der Waals surface area contributed by atoms with E-state index < -0.39 is 12.0 Å². The highest BCUT2D eigenvalue weighted by atomic mass is 19.3. The Kier molecular flexibility index (Phi) is 6.17. The largest absolute Gasteiger partial charge is 0.460 e. The van der Waals surface area contributed by atoms with Gasteiger partial charge in [0.1, 0.15) is 5.82 Å². The lowest BCUT2D eigenvalue weighted by molar-refractivity contribution is 0.0484. The lowest BCUT2D eigenvalue weighted by Crippen LogP contribution is -2.09. The third-order valence-electron chi connectivity index (χ3n) is 3.45. The number of hydrogen-bond donors (Lipinski definition) is 0. The van der Waals surface area contributed by atoms with Crippen LogP contribution in [0.1, 0.15) is 42.6 Å². The molecular formula is C17H19F2N3O2. The standard InChI is InChI=1S/C17H19F2N3O2/c1-12(15(18)19)8-6-7-11-24-17(23)16-20-13(2)22(21-16)14-9-4-3-5-10-14/h3-5,9-10H,6-8,11H2,1-2H3. The summed E-state index contributed by atoms with van der Waals surface area (Å²) in [6.45, 7) is 3.29. The number of benzene rings is 1. The molecule has 1 heterocycles. The van der Waals surface area contributed by atoms with Gasteiger partial charge in [-0.05, 0) is 50.8 Å². The number of hydrogen-bond acceptors (Lipinski definition) is 4. The molecule has 0 atom stereocenters. The van der Waals surface area contributed by atoms with E-state index in [4.69, 9.17) is 4.74 Å². The first kappa shape index (κ1) is 17.8. The summed E-state index contributed by atoms with van der Waals surface area (Å²) in [7, 11) is 0. The van der Waals surface area contributed by atoms with E-state index >= 15 is 0 Å². The molecule has 2 aromatic rings. The molecule has 0 aliphatic carbocycles. The number of allylic oxidation sites excluding steroid dienone is 1. The molecule has 0 radical (unpaired) electrons. The fourth-order valence-electron chi connectivity index (χ4n) is 2.11. The Bertz CT molecular complexity index is 723. The van der Waals surface area contributed by atoms with Gasteiger partial charge in [0, 0.05) is 0 Å². The topological polar surface area (TPSA) is 57.0 Å². The third kappa shape index (κ3) is 4.71. The van der Waals surface area contributed by atoms with Gasteiger partial charge in [-0.3, -0.25) is 0 Å². The molecule has 0 unspecified atom stereocenters. The molecule has 1 aromatic carbocycles. The van der Waals surface area contributed by atoms with Gasteiger partial charge in [-0.2, -0.15) is 8.78 Å². The molecule has 0 amide bonds. The van der Waals surface area contributed by atoms with Crippen molar-refractivity contribution in [3.63, 3.8) is 0 Å². The zero-order chi connectivity index (χ0) is 17.5. The molecule has 0 fully saturated rings. The van der Waals surface area contributed by atoms with Gasteiger partial charge in [0.2, 0.25) is 0 Å². The average molecular weight is 335 g/mol. The van der Waals surface area contributed by atoms with E-state index in [1.54, 1.807) is 11.6 Å². The molecule has 0 aliphatic heterocycles. The number of carbonyl (C=O) groups excluding carboxylic acids is 1. The van der Waals surface area contributed by atoms with E-state index in [9.17, 15) is 13.6 Å². The van der Waals surface area contributed by atoms with E-state index in [1.165, 1.54) is 6.92 Å². The first-order valence-corrected chi connectivity index (χ1v) is 7.66. The maximum atomic E-state index is 12.2. The monoisotopic (exact) mass is 335 g/mol. The van der Waals surface area contributed by atoms with Crippen LogP contribution in [0.15, 0.2) is 42.0 Å². The van der Waals surface area contributed by atoms with Gasteiger partial charge in [0.05, 0.1) is 12.3 Å². The van der Waals surface area contributed by atoms with Crippen molar-refractivity contribution < 1.29 is 18.3 Å². The quantitative estimate of drug-likeness (QED) is 0.565. The minimum atomic E-state index is -1.64. The van der Waals surface area contributed by atoms with Crippen molar-refractivity contribution in [2.45, 2.75) is 33.1 Å². The Morgan fingerprint density at radius 2 is 1.92 bits per heavy atom. The van der Waals surface area contributed by atoms with Crippen molar-refractivity contribution in [2.75, 3.05) is 6.61 Å². The van der Waals surface area contributed by atoms with Gasteiger partial charge in [0.25, 0.3) is 11.9 Å². The van der Waals surface area contributed by atoms with E-state index in [2.05, 4.69) is 10.1 Å². The molecule has 0 N–H and O–H groups in total. The number of rotatable bonds is 7. The first-order valence-electron chi connectivity index (χ1n) is 7.66. The number of aryl methyl sites for hydroxylation is 1. The summed E-state index contributed by atoms with van der Waals surface area (Å²) in [5, 5.41) is 4.15. The molecule has 0 bridgehead atoms. The second-order valence-corrected chi connectivity index (χ2v) is 5.36. The van der Waals surface area contributed by atoms with Gasteiger partial charge in [-0.15, -0.1) is 5.10 Å². The number of esters is 1. The van der Waals surface area contributed by atoms with E-state index in [0.29, 0.717) is 25.1 Å². The summed E-state index contributed by atoms with van der Waals surface area (Å²) < 4.78 is 31.1. The third-order valence-corrected chi connectivity index (χ3v) is 3.45. The van der Waals surface area contributed by atoms with E-state index in [0.717, 1.165) is 5.69 Å². The van der Waals surface area contributed by atoms with Crippen LogP contribution in [0.25, 0.3) is 5.69 Å². The normalized spacial score (nSPS) is 10.5. The number of aromatic nitrogens is 3. The van der Waals surface area contributed by atoms with Gasteiger partial charge in [0.15, 0.2) is 0 Å². The Morgan fingerprint density at radius 3 is 2.58 bits per heavy atom. The Hall–Kier alpha value is -2.57. The molecule has 1 aromatic heterocycles. The van der Waals surface area contributed by atoms with E-state index in [-0.39, 0.29) is 18.0 Å². The van der Waals surface area contributed by atoms with Crippen molar-refractivity contribution in [1.29, 1.82) is 0 Å². The molecule has 0 saturated carbocycles. The molecule has 24 heavy (non-hydrogen) atoms. The molecule has 0 spiro atoms. The molecular weight excluding hydrogens is 316 g/mol. The van der Waals surface area contributed by atoms with Crippen molar-refractivity contribution in [2.24, 2.45) is 0 Å². The van der Waals surface area contributed by atoms with Gasteiger partial charge in [-0.1, -0.05) is 18.2 Å². The van der Waals surface area contributed by atoms with Crippen LogP contribution in [0.3, 0.4) is 0 Å². The Labute approximate surface area is 139 Å². The van der Waals surface area contributed by atoms with Crippen molar-refractivity contribution in [1.82, 2.24) is 14.8 Å². The lowest BCUT2D eigenvalue weighted by Gasteiger charge is -2.03. The molecule has 7 heteroatoms. The summed E-state index contributed by atoms with van der Waals surface area (Å²) in [5.41, 5.74) is 0.872. The van der Waals surface area contributed by atoms with Crippen LogP contribution in [0.5, 0.6) is 0 Å². The summed E-state index contributed by atoms with van der Waals surface area (Å²) in [6.07, 6.45) is -0.311. The Balaban J connectivity index is 1.87. The fourth-order valence-corrected chi connectivity index (χ4v) is 2.11. The molecule has 5 nitrogen and oxygen atoms in total. The molecule has 128 valence electrons. The lowest BCUT2D eigenvalue weighted by atomic mass is 10.1. The van der Waals surface area contributed by atoms with Crippen LogP contribution >= 0.6 is 0 Å². The van der Waals surface area contributed by atoms with E-state index in [1.807, 2.05) is 30.3 Å². The zero-order valence-corrected chi connectivity index (χ0v) is 13.6. The summed E-state index contributed by atoms with van der Waals surface area (Å²) in [4.78, 5) is 16.1. The summed E-state index contributed by atoms with van der Waals surface area (Å²) >= 11 is 0. The number of halogens is 2. The number of unbranched alkanes of at least 4 members (excludes halogenated alkanes) is 1. The van der Waals surface area contributed by atoms with Crippen LogP contribution in [-0.2, 0) is 4.74 Å². The highest BCUT2D eigenvalue weighted by Gasteiger charge is 2.16. The minimum Gasteiger partial charge on any atom is -0.460 e. The number of carbonyl (C=O) groups is 1. The molecule has 0 aliphatic rings. The predicted molar refractivity (Wildman–Crippen MR) is 85.1 cm³/mol. The predicted octanol–water partition coefficient (Wildman–Crippen LogP) is 4.07. The number of ether oxygens (including phenoxy) is 1. The number of para-hydroxylation sites is 1. The maximum absolute atomic E-state index is 12.2. The number of nitrogens with zero attached hydrogens (tertiary/aromatic N) is 3. The van der Waals surface area contributed by atoms with Crippen molar-refractivity contribution in [3.8, 4) is 5.69 Å². The van der Waals surface area contributed by atoms with Crippen LogP contribution < -0.4 is 0 Å². The van der Waals surface area contributed by atoms with Gasteiger partial charge >= 0.3 is 5.97 Å². The second-order valence-electron chi connectivity index (χ2n) is 5.36. The smallest absolute Gasteiger partial charge is 0.378 e. The molecule has 0 saturated heterocycles. The fraction of sp³-hybridized carbons (Fsp3) is 0.353. The van der Waals surface area contributed by atoms with Crippen LogP contribution in [-0.4, -0.2) is 27.3 Å². The van der Waals surface area contributed by atoms with Crippen LogP contribution in [0.2, 0.25) is 0 Å². The summed E-state index contributed by atoms with van der Waals surface area (Å²) in [5.74, 6) is -0.0497. The summed E-state index contributed by atoms with van der Waals surface area (Å²) in [6, 6.07) is 9.33. The van der Waals surface area contributed by atoms with Crippen LogP contribution in [0, 0.1) is 6.92 Å².